The van der Waals surface area contributed by atoms with Gasteiger partial charge < -0.3 is 75.3 Å². The Hall–Kier alpha value is -1.35. The summed E-state index contributed by atoms with van der Waals surface area (Å²) in [4.78, 5) is 13.3. The van der Waals surface area contributed by atoms with Gasteiger partial charge in [-0.1, -0.05) is 193 Å². The van der Waals surface area contributed by atoms with Crippen molar-refractivity contribution in [3.63, 3.8) is 0 Å². The Kier molecular flexibility index (Phi) is 36.2. The van der Waals surface area contributed by atoms with Gasteiger partial charge in [-0.05, 0) is 25.7 Å². The van der Waals surface area contributed by atoms with Crippen molar-refractivity contribution in [1.29, 1.82) is 0 Å². The summed E-state index contributed by atoms with van der Waals surface area (Å²) in [6.45, 7) is 2.64. The number of aliphatic hydroxyl groups excluding tert-OH is 10. The lowest BCUT2D eigenvalue weighted by atomic mass is 9.98. The Balaban J connectivity index is 1.87. The fourth-order valence-corrected chi connectivity index (χ4v) is 8.99. The van der Waals surface area contributed by atoms with Gasteiger partial charge in [-0.3, -0.25) is 4.79 Å². The monoisotopic (exact) mass is 978 g/mol. The highest BCUT2D eigenvalue weighted by molar-refractivity contribution is 5.80. The summed E-state index contributed by atoms with van der Waals surface area (Å²) in [6.07, 6.45) is 17.0. The van der Waals surface area contributed by atoms with Gasteiger partial charge >= 0.3 is 0 Å². The van der Waals surface area contributed by atoms with Crippen molar-refractivity contribution in [3.05, 3.63) is 12.2 Å². The molecule has 16 heteroatoms. The van der Waals surface area contributed by atoms with Crippen LogP contribution in [0.25, 0.3) is 0 Å². The summed E-state index contributed by atoms with van der Waals surface area (Å²) in [7, 11) is 0. The van der Waals surface area contributed by atoms with Crippen molar-refractivity contribution < 1.29 is 74.8 Å². The van der Waals surface area contributed by atoms with E-state index in [1.54, 1.807) is 6.08 Å². The molecular formula is C52H99NO15. The molecule has 402 valence electrons. The first-order valence-electron chi connectivity index (χ1n) is 27.1. The molecule has 0 saturated carbocycles. The predicted octanol–water partition coefficient (Wildman–Crippen LogP) is 5.49. The molecular weight excluding hydrogens is 879 g/mol. The van der Waals surface area contributed by atoms with Crippen molar-refractivity contribution in [3.8, 4) is 0 Å². The van der Waals surface area contributed by atoms with Gasteiger partial charge in [0.2, 0.25) is 5.91 Å². The molecule has 2 aliphatic heterocycles. The predicted molar refractivity (Wildman–Crippen MR) is 261 cm³/mol. The molecule has 2 heterocycles. The SMILES string of the molecule is CCCCCCCCCCCC=CCC(O)C(O)C(COC1OC(COC2OC(CO)C(O)C(O)C2O)C(O)C(O)C1O)NC(=O)C(O)CCCCCCCCCCCCCCCCCCCC. The van der Waals surface area contributed by atoms with Crippen LogP contribution in [0.3, 0.4) is 0 Å². The lowest BCUT2D eigenvalue weighted by Gasteiger charge is -2.43. The van der Waals surface area contributed by atoms with Gasteiger partial charge in [0, 0.05) is 0 Å². The first-order valence-corrected chi connectivity index (χ1v) is 27.1. The zero-order chi connectivity index (χ0) is 49.9. The van der Waals surface area contributed by atoms with Crippen LogP contribution in [0, 0.1) is 0 Å². The first kappa shape index (κ1) is 62.8. The minimum Gasteiger partial charge on any atom is -0.394 e. The van der Waals surface area contributed by atoms with Crippen LogP contribution < -0.4 is 5.32 Å². The van der Waals surface area contributed by atoms with E-state index in [1.807, 2.05) is 6.08 Å². The second-order valence-corrected chi connectivity index (χ2v) is 19.7. The van der Waals surface area contributed by atoms with Crippen LogP contribution in [-0.4, -0.2) is 163 Å². The van der Waals surface area contributed by atoms with E-state index in [0.717, 1.165) is 38.5 Å². The second kappa shape index (κ2) is 39.2. The lowest BCUT2D eigenvalue weighted by molar-refractivity contribution is -0.331. The number of amides is 1. The number of carbonyl (C=O) groups excluding carboxylic acids is 1. The average molecular weight is 978 g/mol. The molecule has 14 atom stereocenters. The van der Waals surface area contributed by atoms with E-state index in [-0.39, 0.29) is 12.8 Å². The molecule has 16 nitrogen and oxygen atoms in total. The average Bonchev–Trinajstić information content (AvgIpc) is 3.33. The van der Waals surface area contributed by atoms with E-state index < -0.39 is 111 Å². The van der Waals surface area contributed by atoms with Crippen LogP contribution in [0.4, 0.5) is 0 Å². The molecule has 0 radical (unpaired) electrons. The molecule has 0 aliphatic carbocycles. The van der Waals surface area contributed by atoms with E-state index in [1.165, 1.54) is 135 Å². The van der Waals surface area contributed by atoms with Gasteiger partial charge in [0.05, 0.1) is 32.0 Å². The summed E-state index contributed by atoms with van der Waals surface area (Å²) in [5, 5.41) is 108. The quantitative estimate of drug-likeness (QED) is 0.0267. The number of carbonyl (C=O) groups is 1. The van der Waals surface area contributed by atoms with Crippen molar-refractivity contribution in [2.24, 2.45) is 0 Å². The maximum Gasteiger partial charge on any atom is 0.249 e. The Morgan fingerprint density at radius 1 is 0.529 bits per heavy atom. The molecule has 2 fully saturated rings. The van der Waals surface area contributed by atoms with E-state index in [0.29, 0.717) is 6.42 Å². The maximum atomic E-state index is 13.3. The third-order valence-corrected chi connectivity index (χ3v) is 13.7. The fourth-order valence-electron chi connectivity index (χ4n) is 8.99. The standard InChI is InChI=1S/C52H99NO15/c1-3-5-7-9-11-13-15-17-18-19-20-21-22-24-26-28-30-32-34-40(56)50(64)53-38(43(57)39(55)33-31-29-27-25-23-16-14-12-10-8-6-4-2)36-65-51-49(63)47(61)45(59)42(68-51)37-66-52-48(62)46(60)44(58)41(35-54)67-52/h29,31,38-49,51-52,54-63H,3-28,30,32-37H2,1-2H3,(H,53,64). The van der Waals surface area contributed by atoms with Crippen molar-refractivity contribution >= 4 is 5.91 Å². The Morgan fingerprint density at radius 2 is 0.941 bits per heavy atom. The van der Waals surface area contributed by atoms with Crippen LogP contribution in [0.1, 0.15) is 206 Å². The van der Waals surface area contributed by atoms with E-state index in [2.05, 4.69) is 19.2 Å². The Bertz CT molecular complexity index is 1230. The largest absolute Gasteiger partial charge is 0.394 e. The van der Waals surface area contributed by atoms with Gasteiger partial charge in [0.1, 0.15) is 61.0 Å². The Labute approximate surface area is 409 Å². The van der Waals surface area contributed by atoms with E-state index in [4.69, 9.17) is 18.9 Å². The minimum absolute atomic E-state index is 0.0671. The van der Waals surface area contributed by atoms with Crippen LogP contribution in [-0.2, 0) is 23.7 Å². The van der Waals surface area contributed by atoms with Crippen molar-refractivity contribution in [1.82, 2.24) is 5.32 Å². The molecule has 1 amide bonds. The molecule has 0 bridgehead atoms. The smallest absolute Gasteiger partial charge is 0.249 e. The van der Waals surface area contributed by atoms with Gasteiger partial charge in [0.25, 0.3) is 0 Å². The van der Waals surface area contributed by atoms with Crippen LogP contribution in [0.5, 0.6) is 0 Å². The number of unbranched alkanes of at least 4 members (excludes halogenated alkanes) is 26. The second-order valence-electron chi connectivity index (χ2n) is 19.7. The number of rotatable bonds is 42. The van der Waals surface area contributed by atoms with E-state index in [9.17, 15) is 55.9 Å². The molecule has 0 aromatic rings. The third-order valence-electron chi connectivity index (χ3n) is 13.7. The highest BCUT2D eigenvalue weighted by Crippen LogP contribution is 2.27. The summed E-state index contributed by atoms with van der Waals surface area (Å²) in [6, 6.07) is -1.30. The van der Waals surface area contributed by atoms with Gasteiger partial charge in [0.15, 0.2) is 12.6 Å². The molecule has 14 unspecified atom stereocenters. The molecule has 68 heavy (non-hydrogen) atoms. The topological polar surface area (TPSA) is 268 Å². The maximum absolute atomic E-state index is 13.3. The van der Waals surface area contributed by atoms with Crippen LogP contribution >= 0.6 is 0 Å². The molecule has 2 rings (SSSR count). The van der Waals surface area contributed by atoms with Gasteiger partial charge in [-0.2, -0.15) is 0 Å². The van der Waals surface area contributed by atoms with Crippen LogP contribution in [0.15, 0.2) is 12.2 Å². The Morgan fingerprint density at radius 3 is 1.41 bits per heavy atom. The lowest BCUT2D eigenvalue weighted by Crippen LogP contribution is -2.62. The number of hydrogen-bond donors (Lipinski definition) is 11. The minimum atomic E-state index is -1.83. The fraction of sp³-hybridized carbons (Fsp3) is 0.942. The summed E-state index contributed by atoms with van der Waals surface area (Å²) in [5.41, 5.74) is 0. The summed E-state index contributed by atoms with van der Waals surface area (Å²) in [5.74, 6) is -0.774. The van der Waals surface area contributed by atoms with Gasteiger partial charge in [-0.25, -0.2) is 0 Å². The molecule has 0 spiro atoms. The van der Waals surface area contributed by atoms with Gasteiger partial charge in [-0.15, -0.1) is 0 Å². The number of nitrogens with one attached hydrogen (secondary N) is 1. The molecule has 0 aromatic carbocycles. The zero-order valence-corrected chi connectivity index (χ0v) is 42.1. The zero-order valence-electron chi connectivity index (χ0n) is 42.1. The number of allylic oxidation sites excluding steroid dienone is 1. The van der Waals surface area contributed by atoms with Crippen molar-refractivity contribution in [2.75, 3.05) is 19.8 Å². The number of ether oxygens (including phenoxy) is 4. The number of hydrogen-bond acceptors (Lipinski definition) is 15. The highest BCUT2D eigenvalue weighted by Gasteiger charge is 2.48. The highest BCUT2D eigenvalue weighted by atomic mass is 16.7. The third kappa shape index (κ3) is 25.9. The molecule has 2 aliphatic rings. The molecule has 0 aromatic heterocycles. The van der Waals surface area contributed by atoms with E-state index >= 15 is 0 Å². The molecule has 11 N–H and O–H groups in total. The van der Waals surface area contributed by atoms with Crippen LogP contribution in [0.2, 0.25) is 0 Å². The number of aliphatic hydroxyl groups is 10. The first-order chi connectivity index (χ1) is 32.9. The summed E-state index contributed by atoms with van der Waals surface area (Å²) < 4.78 is 22.4. The molecule has 2 saturated heterocycles. The summed E-state index contributed by atoms with van der Waals surface area (Å²) >= 11 is 0. The normalized spacial score (nSPS) is 27.4. The van der Waals surface area contributed by atoms with Crippen molar-refractivity contribution in [2.45, 2.75) is 292 Å².